The summed E-state index contributed by atoms with van der Waals surface area (Å²) in [5, 5.41) is 0.317. The zero-order chi connectivity index (χ0) is 11.3. The van der Waals surface area contributed by atoms with Gasteiger partial charge in [-0.3, -0.25) is 4.79 Å². The van der Waals surface area contributed by atoms with Crippen LogP contribution in [-0.4, -0.2) is 5.78 Å². The van der Waals surface area contributed by atoms with Crippen LogP contribution in [0.5, 0.6) is 0 Å². The van der Waals surface area contributed by atoms with Crippen molar-refractivity contribution in [2.75, 3.05) is 0 Å². The molecule has 0 N–H and O–H groups in total. The van der Waals surface area contributed by atoms with E-state index in [0.717, 1.165) is 19.3 Å². The molecule has 0 spiro atoms. The Morgan fingerprint density at radius 2 is 2.13 bits per heavy atom. The number of benzene rings is 1. The second kappa shape index (κ2) is 5.86. The number of Topliss-reactive ketones (excluding diaryl/α,β-unsaturated/α-hetero) is 1. The van der Waals surface area contributed by atoms with Crippen LogP contribution in [0.25, 0.3) is 0 Å². The van der Waals surface area contributed by atoms with Crippen LogP contribution in [0.3, 0.4) is 0 Å². The van der Waals surface area contributed by atoms with Gasteiger partial charge in [-0.15, -0.1) is 0 Å². The summed E-state index contributed by atoms with van der Waals surface area (Å²) < 4.78 is 13.3. The van der Waals surface area contributed by atoms with Gasteiger partial charge in [-0.05, 0) is 24.6 Å². The number of hydrogen-bond acceptors (Lipinski definition) is 1. The summed E-state index contributed by atoms with van der Waals surface area (Å²) >= 11 is 5.60. The molecule has 0 radical (unpaired) electrons. The molecule has 3 heteroatoms. The van der Waals surface area contributed by atoms with Gasteiger partial charge in [0.25, 0.3) is 0 Å². The van der Waals surface area contributed by atoms with Gasteiger partial charge in [0.2, 0.25) is 0 Å². The number of unbranched alkanes of at least 4 members (excludes halogenated alkanes) is 2. The molecule has 0 aliphatic rings. The summed E-state index contributed by atoms with van der Waals surface area (Å²) in [6.07, 6.45) is 3.28. The minimum Gasteiger partial charge on any atom is -0.294 e. The normalized spacial score (nSPS) is 10.3. The topological polar surface area (TPSA) is 17.1 Å². The Bertz CT molecular complexity index is 349. The Hall–Kier alpha value is -0.890. The average molecular weight is 229 g/mol. The Morgan fingerprint density at radius 1 is 1.40 bits per heavy atom. The molecule has 0 saturated heterocycles. The van der Waals surface area contributed by atoms with Crippen LogP contribution < -0.4 is 0 Å². The number of hydrogen-bond donors (Lipinski definition) is 0. The molecule has 0 atom stereocenters. The first kappa shape index (κ1) is 12.2. The first-order valence-electron chi connectivity index (χ1n) is 5.13. The Labute approximate surface area is 94.3 Å². The highest BCUT2D eigenvalue weighted by Crippen LogP contribution is 2.17. The van der Waals surface area contributed by atoms with E-state index < -0.39 is 5.82 Å². The van der Waals surface area contributed by atoms with Crippen molar-refractivity contribution in [1.29, 1.82) is 0 Å². The van der Waals surface area contributed by atoms with Crippen LogP contribution in [0.15, 0.2) is 18.2 Å². The van der Waals surface area contributed by atoms with Crippen molar-refractivity contribution in [1.82, 2.24) is 0 Å². The van der Waals surface area contributed by atoms with Crippen LogP contribution in [0.1, 0.15) is 43.0 Å². The van der Waals surface area contributed by atoms with Crippen LogP contribution in [-0.2, 0) is 0 Å². The van der Waals surface area contributed by atoms with Gasteiger partial charge < -0.3 is 0 Å². The fourth-order valence-corrected chi connectivity index (χ4v) is 1.54. The van der Waals surface area contributed by atoms with Crippen molar-refractivity contribution in [3.63, 3.8) is 0 Å². The van der Waals surface area contributed by atoms with Crippen molar-refractivity contribution in [3.8, 4) is 0 Å². The summed E-state index contributed by atoms with van der Waals surface area (Å²) in [6, 6.07) is 4.16. The van der Waals surface area contributed by atoms with Gasteiger partial charge in [-0.2, -0.15) is 0 Å². The minimum absolute atomic E-state index is 0.141. The van der Waals surface area contributed by atoms with Gasteiger partial charge in [-0.1, -0.05) is 31.4 Å². The molecule has 0 bridgehead atoms. The van der Waals surface area contributed by atoms with Gasteiger partial charge >= 0.3 is 0 Å². The molecule has 0 amide bonds. The van der Waals surface area contributed by atoms with Crippen molar-refractivity contribution in [2.45, 2.75) is 32.6 Å². The van der Waals surface area contributed by atoms with E-state index in [1.165, 1.54) is 18.2 Å². The van der Waals surface area contributed by atoms with Gasteiger partial charge in [0, 0.05) is 11.4 Å². The lowest BCUT2D eigenvalue weighted by molar-refractivity contribution is 0.0975. The monoisotopic (exact) mass is 228 g/mol. The maximum atomic E-state index is 13.3. The molecule has 0 heterocycles. The molecule has 0 aliphatic heterocycles. The van der Waals surface area contributed by atoms with E-state index in [1.807, 2.05) is 0 Å². The summed E-state index contributed by atoms with van der Waals surface area (Å²) in [5.41, 5.74) is 0.149. The van der Waals surface area contributed by atoms with E-state index in [9.17, 15) is 9.18 Å². The maximum absolute atomic E-state index is 13.3. The molecule has 82 valence electrons. The molecule has 1 nitrogen and oxygen atoms in total. The second-order valence-electron chi connectivity index (χ2n) is 3.50. The van der Waals surface area contributed by atoms with Crippen LogP contribution in [0.2, 0.25) is 5.02 Å². The molecule has 0 aliphatic carbocycles. The highest BCUT2D eigenvalue weighted by atomic mass is 35.5. The smallest absolute Gasteiger partial charge is 0.165 e. The molecule has 1 rings (SSSR count). The molecule has 0 saturated carbocycles. The van der Waals surface area contributed by atoms with E-state index >= 15 is 0 Å². The number of carbonyl (C=O) groups excluding carboxylic acids is 1. The van der Waals surface area contributed by atoms with Crippen molar-refractivity contribution < 1.29 is 9.18 Å². The minimum atomic E-state index is -0.524. The van der Waals surface area contributed by atoms with Crippen molar-refractivity contribution >= 4 is 17.4 Å². The number of rotatable bonds is 5. The maximum Gasteiger partial charge on any atom is 0.165 e. The molecule has 0 unspecified atom stereocenters. The van der Waals surface area contributed by atoms with Crippen molar-refractivity contribution in [2.24, 2.45) is 0 Å². The third-order valence-electron chi connectivity index (χ3n) is 2.24. The van der Waals surface area contributed by atoms with E-state index in [0.29, 0.717) is 11.4 Å². The SMILES string of the molecule is CCCCCC(=O)c1ccc(Cl)cc1F. The Morgan fingerprint density at radius 3 is 2.73 bits per heavy atom. The van der Waals surface area contributed by atoms with Crippen LogP contribution in [0, 0.1) is 5.82 Å². The summed E-state index contributed by atoms with van der Waals surface area (Å²) in [5.74, 6) is -0.665. The van der Waals surface area contributed by atoms with E-state index in [1.54, 1.807) is 0 Å². The van der Waals surface area contributed by atoms with Crippen LogP contribution >= 0.6 is 11.6 Å². The zero-order valence-electron chi connectivity index (χ0n) is 8.72. The number of halogens is 2. The first-order chi connectivity index (χ1) is 7.15. The lowest BCUT2D eigenvalue weighted by Crippen LogP contribution is -2.02. The number of carbonyl (C=O) groups is 1. The van der Waals surface area contributed by atoms with Crippen LogP contribution in [0.4, 0.5) is 4.39 Å². The summed E-state index contributed by atoms with van der Waals surface area (Å²) in [7, 11) is 0. The lowest BCUT2D eigenvalue weighted by atomic mass is 10.0. The number of ketones is 1. The summed E-state index contributed by atoms with van der Waals surface area (Å²) in [4.78, 5) is 11.6. The first-order valence-corrected chi connectivity index (χ1v) is 5.51. The van der Waals surface area contributed by atoms with Gasteiger partial charge in [0.15, 0.2) is 5.78 Å². The average Bonchev–Trinajstić information content (AvgIpc) is 2.17. The lowest BCUT2D eigenvalue weighted by Gasteiger charge is -2.02. The third kappa shape index (κ3) is 3.63. The second-order valence-corrected chi connectivity index (χ2v) is 3.94. The fraction of sp³-hybridized carbons (Fsp3) is 0.417. The molecule has 0 aromatic heterocycles. The largest absolute Gasteiger partial charge is 0.294 e. The molecular weight excluding hydrogens is 215 g/mol. The van der Waals surface area contributed by atoms with Gasteiger partial charge in [-0.25, -0.2) is 4.39 Å². The predicted molar refractivity (Wildman–Crippen MR) is 59.9 cm³/mol. The highest BCUT2D eigenvalue weighted by Gasteiger charge is 2.11. The quantitative estimate of drug-likeness (QED) is 0.544. The fourth-order valence-electron chi connectivity index (χ4n) is 1.39. The summed E-state index contributed by atoms with van der Waals surface area (Å²) in [6.45, 7) is 2.06. The van der Waals surface area contributed by atoms with E-state index in [4.69, 9.17) is 11.6 Å². The zero-order valence-corrected chi connectivity index (χ0v) is 9.48. The standard InChI is InChI=1S/C12H14ClFO/c1-2-3-4-5-12(15)10-7-6-9(13)8-11(10)14/h6-8H,2-5H2,1H3. The molecule has 1 aromatic rings. The molecule has 0 fully saturated rings. The Balaban J connectivity index is 2.65. The molecule has 1 aromatic carbocycles. The predicted octanol–water partition coefficient (Wildman–Crippen LogP) is 4.24. The highest BCUT2D eigenvalue weighted by molar-refractivity contribution is 6.30. The van der Waals surface area contributed by atoms with E-state index in [-0.39, 0.29) is 11.3 Å². The van der Waals surface area contributed by atoms with E-state index in [2.05, 4.69) is 6.92 Å². The van der Waals surface area contributed by atoms with Crippen molar-refractivity contribution in [3.05, 3.63) is 34.6 Å². The van der Waals surface area contributed by atoms with Gasteiger partial charge in [0.05, 0.1) is 5.56 Å². The molecular formula is C12H14ClFO. The third-order valence-corrected chi connectivity index (χ3v) is 2.47. The van der Waals surface area contributed by atoms with Gasteiger partial charge in [0.1, 0.15) is 5.82 Å². The molecule has 15 heavy (non-hydrogen) atoms. The Kier molecular flexibility index (Phi) is 4.76.